The van der Waals surface area contributed by atoms with Crippen LogP contribution in [0.25, 0.3) is 15.3 Å². The molecule has 4 rings (SSSR count). The van der Waals surface area contributed by atoms with Crippen molar-refractivity contribution in [3.8, 4) is 10.4 Å². The Labute approximate surface area is 174 Å². The van der Waals surface area contributed by atoms with Crippen LogP contribution in [0.3, 0.4) is 0 Å². The molecule has 11 heteroatoms. The maximum atomic E-state index is 12.8. The summed E-state index contributed by atoms with van der Waals surface area (Å²) in [6.45, 7) is 2.91. The third-order valence-corrected chi connectivity index (χ3v) is 5.63. The van der Waals surface area contributed by atoms with Gasteiger partial charge in [0.05, 0.1) is 52.9 Å². The zero-order valence-electron chi connectivity index (χ0n) is 16.2. The molecule has 0 aliphatic carbocycles. The molecule has 154 valence electrons. The maximum absolute atomic E-state index is 12.8. The molecule has 0 saturated heterocycles. The van der Waals surface area contributed by atoms with Gasteiger partial charge in [-0.15, -0.1) is 11.3 Å². The minimum atomic E-state index is -1.11. The van der Waals surface area contributed by atoms with Crippen molar-refractivity contribution in [1.82, 2.24) is 24.4 Å². The number of carboxylic acid groups (broad SMARTS) is 1. The van der Waals surface area contributed by atoms with E-state index in [0.717, 1.165) is 10.4 Å². The Morgan fingerprint density at radius 2 is 2.07 bits per heavy atom. The molecule has 0 fully saturated rings. The number of amides is 1. The van der Waals surface area contributed by atoms with Gasteiger partial charge in [0.2, 0.25) is 0 Å². The number of aromatic nitrogens is 5. The first-order chi connectivity index (χ1) is 14.5. The fourth-order valence-corrected chi connectivity index (χ4v) is 3.87. The van der Waals surface area contributed by atoms with Gasteiger partial charge in [0.15, 0.2) is 0 Å². The lowest BCUT2D eigenvalue weighted by molar-refractivity contribution is 0.0696. The van der Waals surface area contributed by atoms with Crippen LogP contribution < -0.4 is 5.32 Å². The smallest absolute Gasteiger partial charge is 0.337 e. The Morgan fingerprint density at radius 1 is 1.23 bits per heavy atom. The summed E-state index contributed by atoms with van der Waals surface area (Å²) in [6, 6.07) is 1.39. The predicted molar refractivity (Wildman–Crippen MR) is 110 cm³/mol. The number of anilines is 1. The van der Waals surface area contributed by atoms with Gasteiger partial charge < -0.3 is 15.2 Å². The lowest BCUT2D eigenvalue weighted by atomic mass is 10.2. The third kappa shape index (κ3) is 3.80. The monoisotopic (exact) mass is 426 g/mol. The highest BCUT2D eigenvalue weighted by Crippen LogP contribution is 2.30. The van der Waals surface area contributed by atoms with Crippen molar-refractivity contribution < 1.29 is 19.4 Å². The van der Waals surface area contributed by atoms with E-state index in [9.17, 15) is 9.59 Å². The van der Waals surface area contributed by atoms with Gasteiger partial charge in [-0.25, -0.2) is 9.31 Å². The summed E-state index contributed by atoms with van der Waals surface area (Å²) >= 11 is 1.42. The van der Waals surface area contributed by atoms with Crippen molar-refractivity contribution in [3.63, 3.8) is 0 Å². The van der Waals surface area contributed by atoms with Crippen LogP contribution in [0, 0.1) is 6.92 Å². The summed E-state index contributed by atoms with van der Waals surface area (Å²) in [6.07, 6.45) is 8.25. The van der Waals surface area contributed by atoms with Crippen molar-refractivity contribution >= 4 is 33.7 Å². The first-order valence-corrected chi connectivity index (χ1v) is 9.78. The van der Waals surface area contributed by atoms with Gasteiger partial charge in [-0.05, 0) is 13.0 Å². The number of nitrogens with one attached hydrogen (secondary N) is 1. The molecule has 0 bridgehead atoms. The molecule has 0 atom stereocenters. The fraction of sp³-hybridized carbons (Fsp3) is 0.211. The SMILES string of the molecule is COCCn1cc(-c2cn3ncc(C(=O)Nc4cc(C(=O)O)cnc4C)c3s2)cn1. The molecule has 0 radical (unpaired) electrons. The summed E-state index contributed by atoms with van der Waals surface area (Å²) in [5.41, 5.74) is 2.17. The zero-order valence-corrected chi connectivity index (χ0v) is 17.0. The fourth-order valence-electron chi connectivity index (χ4n) is 2.84. The number of hydrogen-bond donors (Lipinski definition) is 2. The number of thiazole rings is 1. The second kappa shape index (κ2) is 8.05. The molecule has 2 N–H and O–H groups in total. The number of carbonyl (C=O) groups is 2. The molecule has 4 heterocycles. The van der Waals surface area contributed by atoms with Gasteiger partial charge in [-0.3, -0.25) is 14.5 Å². The highest BCUT2D eigenvalue weighted by atomic mass is 32.1. The van der Waals surface area contributed by atoms with Crippen LogP contribution >= 0.6 is 11.3 Å². The predicted octanol–water partition coefficient (Wildman–Crippen LogP) is 2.56. The maximum Gasteiger partial charge on any atom is 0.337 e. The van der Waals surface area contributed by atoms with Gasteiger partial charge in [0, 0.05) is 31.3 Å². The minimum absolute atomic E-state index is 0.0000482. The quantitative estimate of drug-likeness (QED) is 0.465. The van der Waals surface area contributed by atoms with Gasteiger partial charge in [0.25, 0.3) is 5.91 Å². The molecule has 0 aliphatic rings. The van der Waals surface area contributed by atoms with E-state index in [1.165, 1.54) is 29.8 Å². The normalized spacial score (nSPS) is 11.1. The van der Waals surface area contributed by atoms with E-state index < -0.39 is 5.97 Å². The second-order valence-corrected chi connectivity index (χ2v) is 7.54. The summed E-state index contributed by atoms with van der Waals surface area (Å²) in [7, 11) is 1.64. The van der Waals surface area contributed by atoms with E-state index in [2.05, 4.69) is 20.5 Å². The van der Waals surface area contributed by atoms with Crippen molar-refractivity contribution in [2.24, 2.45) is 0 Å². The largest absolute Gasteiger partial charge is 0.478 e. The van der Waals surface area contributed by atoms with E-state index in [4.69, 9.17) is 9.84 Å². The Bertz CT molecular complexity index is 1240. The van der Waals surface area contributed by atoms with Crippen LogP contribution in [0.2, 0.25) is 0 Å². The van der Waals surface area contributed by atoms with Crippen molar-refractivity contribution in [1.29, 1.82) is 0 Å². The summed E-state index contributed by atoms with van der Waals surface area (Å²) in [4.78, 5) is 29.6. The molecule has 0 aromatic carbocycles. The molecule has 1 amide bonds. The summed E-state index contributed by atoms with van der Waals surface area (Å²) in [5.74, 6) is -1.50. The number of fused-ring (bicyclic) bond motifs is 1. The average molecular weight is 426 g/mol. The van der Waals surface area contributed by atoms with Crippen LogP contribution in [0.1, 0.15) is 26.4 Å². The molecular formula is C19H18N6O4S. The number of rotatable bonds is 7. The molecule has 4 aromatic rings. The Hall–Kier alpha value is -3.57. The van der Waals surface area contributed by atoms with Crippen LogP contribution in [0.4, 0.5) is 5.69 Å². The number of aryl methyl sites for hydroxylation is 1. The van der Waals surface area contributed by atoms with E-state index in [0.29, 0.717) is 34.9 Å². The topological polar surface area (TPSA) is 124 Å². The standard InChI is InChI=1S/C19H18N6O4S/c1-11-15(5-12(6-20-11)19(27)28)23-17(26)14-8-22-25-10-16(30-18(14)25)13-7-21-24(9-13)3-4-29-2/h5-10H,3-4H2,1-2H3,(H,23,26)(H,27,28). The summed E-state index contributed by atoms with van der Waals surface area (Å²) < 4.78 is 8.49. The number of methoxy groups -OCH3 is 1. The van der Waals surface area contributed by atoms with E-state index >= 15 is 0 Å². The minimum Gasteiger partial charge on any atom is -0.478 e. The van der Waals surface area contributed by atoms with Gasteiger partial charge >= 0.3 is 5.97 Å². The number of carbonyl (C=O) groups excluding carboxylic acids is 1. The van der Waals surface area contributed by atoms with Crippen LogP contribution in [-0.4, -0.2) is 55.1 Å². The molecule has 0 aliphatic heterocycles. The van der Waals surface area contributed by atoms with Gasteiger partial charge in [-0.2, -0.15) is 10.2 Å². The number of nitrogens with zero attached hydrogens (tertiary/aromatic N) is 5. The van der Waals surface area contributed by atoms with Crippen LogP contribution in [-0.2, 0) is 11.3 Å². The molecule has 30 heavy (non-hydrogen) atoms. The molecule has 4 aromatic heterocycles. The van der Waals surface area contributed by atoms with Gasteiger partial charge in [0.1, 0.15) is 4.83 Å². The molecule has 0 spiro atoms. The highest BCUT2D eigenvalue weighted by Gasteiger charge is 2.18. The lowest BCUT2D eigenvalue weighted by Crippen LogP contribution is -2.13. The first kappa shape index (κ1) is 19.7. The lowest BCUT2D eigenvalue weighted by Gasteiger charge is -2.07. The van der Waals surface area contributed by atoms with Crippen LogP contribution in [0.15, 0.2) is 37.1 Å². The number of pyridine rings is 1. The van der Waals surface area contributed by atoms with Crippen molar-refractivity contribution in [2.75, 3.05) is 19.0 Å². The highest BCUT2D eigenvalue weighted by molar-refractivity contribution is 7.21. The Balaban J connectivity index is 1.59. The molecule has 10 nitrogen and oxygen atoms in total. The number of ether oxygens (including phenoxy) is 1. The Morgan fingerprint density at radius 3 is 2.83 bits per heavy atom. The van der Waals surface area contributed by atoms with E-state index in [1.54, 1.807) is 29.4 Å². The molecular weight excluding hydrogens is 408 g/mol. The number of aromatic carboxylic acids is 1. The van der Waals surface area contributed by atoms with E-state index in [1.807, 2.05) is 12.4 Å². The van der Waals surface area contributed by atoms with Crippen LogP contribution in [0.5, 0.6) is 0 Å². The average Bonchev–Trinajstić information content (AvgIpc) is 3.42. The van der Waals surface area contributed by atoms with E-state index in [-0.39, 0.29) is 11.5 Å². The van der Waals surface area contributed by atoms with Crippen molar-refractivity contribution in [3.05, 3.63) is 53.9 Å². The number of carboxylic acids is 1. The van der Waals surface area contributed by atoms with Crippen molar-refractivity contribution in [2.45, 2.75) is 13.5 Å². The Kier molecular flexibility index (Phi) is 5.29. The third-order valence-electron chi connectivity index (χ3n) is 4.46. The summed E-state index contributed by atoms with van der Waals surface area (Å²) in [5, 5.41) is 20.4. The molecule has 0 saturated carbocycles. The molecule has 0 unspecified atom stereocenters. The second-order valence-electron chi connectivity index (χ2n) is 6.50. The first-order valence-electron chi connectivity index (χ1n) is 8.96. The zero-order chi connectivity index (χ0) is 21.3. The number of hydrogen-bond acceptors (Lipinski definition) is 7. The van der Waals surface area contributed by atoms with Gasteiger partial charge in [-0.1, -0.05) is 0 Å².